The van der Waals surface area contributed by atoms with E-state index in [4.69, 9.17) is 0 Å². The minimum atomic E-state index is 0. The van der Waals surface area contributed by atoms with Gasteiger partial charge in [-0.25, -0.2) is 0 Å². The summed E-state index contributed by atoms with van der Waals surface area (Å²) in [5.41, 5.74) is 2.67. The monoisotopic (exact) mass is 228 g/mol. The first-order valence-corrected chi connectivity index (χ1v) is 5.95. The van der Waals surface area contributed by atoms with E-state index >= 15 is 0 Å². The van der Waals surface area contributed by atoms with Crippen LogP contribution in [0.3, 0.4) is 0 Å². The summed E-state index contributed by atoms with van der Waals surface area (Å²) in [4.78, 5) is 0. The van der Waals surface area contributed by atoms with Crippen molar-refractivity contribution in [3.63, 3.8) is 0 Å². The molecular weight excluding hydrogens is 211 g/mol. The topological polar surface area (TPSA) is 0 Å². The molecule has 0 nitrogen and oxygen atoms in total. The molecule has 0 heterocycles. The predicted molar refractivity (Wildman–Crippen MR) is 73.7 cm³/mol. The molecule has 0 saturated carbocycles. The van der Waals surface area contributed by atoms with Crippen LogP contribution in [0.15, 0.2) is 73.3 Å². The number of hydrogen-bond acceptors (Lipinski definition) is 0. The van der Waals surface area contributed by atoms with Gasteiger partial charge in [0.05, 0.1) is 0 Å². The van der Waals surface area contributed by atoms with Gasteiger partial charge in [-0.15, -0.1) is 18.7 Å². The minimum absolute atomic E-state index is 0. The third-order valence-corrected chi connectivity index (χ3v) is 2.83. The number of allylic oxidation sites excluding steroid dienone is 1. The second kappa shape index (κ2) is 7.87. The Morgan fingerprint density at radius 1 is 0.889 bits per heavy atom. The Bertz CT molecular complexity index is 448. The van der Waals surface area contributed by atoms with Crippen LogP contribution in [0.1, 0.15) is 17.5 Å². The van der Waals surface area contributed by atoms with Gasteiger partial charge in [0.1, 0.15) is 0 Å². The Morgan fingerprint density at radius 3 is 2.00 bits per heavy atom. The van der Waals surface area contributed by atoms with Gasteiger partial charge in [-0.05, 0) is 0 Å². The second-order valence-electron chi connectivity index (χ2n) is 4.12. The van der Waals surface area contributed by atoms with E-state index in [0.29, 0.717) is 0 Å². The van der Waals surface area contributed by atoms with Crippen LogP contribution >= 0.6 is 0 Å². The van der Waals surface area contributed by atoms with Crippen LogP contribution in [0.2, 0.25) is 0 Å². The molecule has 0 aliphatic carbocycles. The molecule has 18 heavy (non-hydrogen) atoms. The van der Waals surface area contributed by atoms with Crippen molar-refractivity contribution in [1.29, 1.82) is 0 Å². The van der Waals surface area contributed by atoms with E-state index in [9.17, 15) is 0 Å². The molecule has 0 N–H and O–H groups in total. The van der Waals surface area contributed by atoms with Crippen molar-refractivity contribution in [3.8, 4) is 0 Å². The average Bonchev–Trinajstić information content (AvgIpc) is 2.40. The molecule has 0 amide bonds. The van der Waals surface area contributed by atoms with E-state index in [-0.39, 0.29) is 18.9 Å². The van der Waals surface area contributed by atoms with Gasteiger partial charge in [0.15, 0.2) is 0 Å². The summed E-state index contributed by atoms with van der Waals surface area (Å²) in [7, 11) is 0. The zero-order valence-electron chi connectivity index (χ0n) is 11.0. The van der Waals surface area contributed by atoms with E-state index in [2.05, 4.69) is 67.2 Å². The molecule has 1 heteroatoms. The van der Waals surface area contributed by atoms with E-state index in [1.54, 1.807) is 0 Å². The van der Waals surface area contributed by atoms with Crippen LogP contribution in [0.4, 0.5) is 0 Å². The Labute approximate surface area is 122 Å². The first-order chi connectivity index (χ1) is 8.40. The fourth-order valence-electron chi connectivity index (χ4n) is 1.98. The van der Waals surface area contributed by atoms with Gasteiger partial charge in [-0.2, -0.15) is 23.6 Å². The smallest absolute Gasteiger partial charge is 0.188 e. The van der Waals surface area contributed by atoms with E-state index in [1.807, 2.05) is 6.08 Å². The van der Waals surface area contributed by atoms with Crippen molar-refractivity contribution in [3.05, 3.63) is 90.4 Å². The summed E-state index contributed by atoms with van der Waals surface area (Å²) in [6, 6.07) is 21.1. The van der Waals surface area contributed by atoms with Gasteiger partial charge in [-0.1, -0.05) is 60.9 Å². The molecule has 0 aromatic heterocycles. The van der Waals surface area contributed by atoms with Gasteiger partial charge >= 0.3 is 18.9 Å². The predicted octanol–water partition coefficient (Wildman–Crippen LogP) is 1.43. The minimum Gasteiger partial charge on any atom is -0.188 e. The molecule has 0 fully saturated rings. The maximum atomic E-state index is 3.85. The van der Waals surface area contributed by atoms with E-state index in [0.717, 1.165) is 12.8 Å². The Morgan fingerprint density at radius 2 is 1.44 bits per heavy atom. The summed E-state index contributed by atoms with van der Waals surface area (Å²) in [5, 5.41) is 0. The molecule has 0 aliphatic rings. The number of benzene rings is 2. The Balaban J connectivity index is 0.00000162. The molecule has 0 radical (unpaired) electrons. The first kappa shape index (κ1) is 14.7. The molecule has 0 spiro atoms. The molecule has 2 rings (SSSR count). The van der Waals surface area contributed by atoms with Gasteiger partial charge in [0.25, 0.3) is 0 Å². The molecule has 0 aliphatic heterocycles. The van der Waals surface area contributed by atoms with Crippen LogP contribution in [0.25, 0.3) is 0 Å². The van der Waals surface area contributed by atoms with Gasteiger partial charge in [-0.3, -0.25) is 0 Å². The number of rotatable bonds is 5. The van der Waals surface area contributed by atoms with Crippen molar-refractivity contribution in [2.75, 3.05) is 0 Å². The molecule has 0 atom stereocenters. The summed E-state index contributed by atoms with van der Waals surface area (Å²) < 4.78 is 0. The van der Waals surface area contributed by atoms with Crippen molar-refractivity contribution in [2.45, 2.75) is 12.8 Å². The van der Waals surface area contributed by atoms with Crippen molar-refractivity contribution in [2.24, 2.45) is 0 Å². The summed E-state index contributed by atoms with van der Waals surface area (Å²) >= 11 is 0. The molecule has 0 saturated heterocycles. The molecular formula is C17H17Li. The zero-order valence-corrected chi connectivity index (χ0v) is 11.0. The average molecular weight is 228 g/mol. The third kappa shape index (κ3) is 4.15. The van der Waals surface area contributed by atoms with E-state index in [1.165, 1.54) is 17.0 Å². The number of hydrogen-bond donors (Lipinski definition) is 0. The molecule has 2 aromatic carbocycles. The maximum Gasteiger partial charge on any atom is 1.00 e. The van der Waals surface area contributed by atoms with Crippen molar-refractivity contribution in [1.82, 2.24) is 0 Å². The third-order valence-electron chi connectivity index (χ3n) is 2.83. The maximum absolute atomic E-state index is 3.85. The Kier molecular flexibility index (Phi) is 6.43. The van der Waals surface area contributed by atoms with Crippen molar-refractivity contribution >= 4 is 0 Å². The van der Waals surface area contributed by atoms with Crippen molar-refractivity contribution < 1.29 is 18.9 Å². The van der Waals surface area contributed by atoms with Crippen LogP contribution in [0.5, 0.6) is 0 Å². The van der Waals surface area contributed by atoms with Crippen LogP contribution in [0, 0.1) is 5.92 Å². The van der Waals surface area contributed by atoms with Gasteiger partial charge in [0, 0.05) is 0 Å². The molecule has 2 aromatic rings. The molecule has 0 unspecified atom stereocenters. The fraction of sp³-hybridized carbons (Fsp3) is 0.118. The SMILES string of the molecule is C=CC[C-](Cc1ccccc1)c1ccccc1.[Li+]. The van der Waals surface area contributed by atoms with Crippen LogP contribution < -0.4 is 18.9 Å². The molecule has 0 bridgehead atoms. The van der Waals surface area contributed by atoms with Crippen LogP contribution in [-0.2, 0) is 6.42 Å². The fourth-order valence-corrected chi connectivity index (χ4v) is 1.98. The van der Waals surface area contributed by atoms with Gasteiger partial charge < -0.3 is 0 Å². The summed E-state index contributed by atoms with van der Waals surface area (Å²) in [6.07, 6.45) is 3.92. The normalized spacial score (nSPS) is 9.33. The van der Waals surface area contributed by atoms with E-state index < -0.39 is 0 Å². The summed E-state index contributed by atoms with van der Waals surface area (Å²) in [5.74, 6) is 1.42. The first-order valence-electron chi connectivity index (χ1n) is 5.95. The standard InChI is InChI=1S/C17H17.Li/c1-2-9-17(16-12-7-4-8-13-16)14-15-10-5-3-6-11-15;/h2-8,10-13H,1,9,14H2;/q-1;+1. The van der Waals surface area contributed by atoms with Gasteiger partial charge in [0.2, 0.25) is 0 Å². The largest absolute Gasteiger partial charge is 1.00 e. The summed E-state index contributed by atoms with van der Waals surface area (Å²) in [6.45, 7) is 3.85. The Hall–Kier alpha value is -1.35. The molecule has 86 valence electrons. The second-order valence-corrected chi connectivity index (χ2v) is 4.12. The zero-order chi connectivity index (χ0) is 11.9. The quantitative estimate of drug-likeness (QED) is 0.412. The van der Waals surface area contributed by atoms with Crippen LogP contribution in [-0.4, -0.2) is 0 Å².